The van der Waals surface area contributed by atoms with Crippen LogP contribution in [0.3, 0.4) is 0 Å². The van der Waals surface area contributed by atoms with Gasteiger partial charge in [0.2, 0.25) is 5.91 Å². The Hall–Kier alpha value is -1.26. The minimum absolute atomic E-state index is 0. The highest BCUT2D eigenvalue weighted by molar-refractivity contribution is 7.99. The molecule has 0 heterocycles. The molecule has 0 aromatic carbocycles. The minimum Gasteiger partial charge on any atom is -0.548 e. The van der Waals surface area contributed by atoms with Crippen molar-refractivity contribution in [1.82, 2.24) is 11.5 Å². The van der Waals surface area contributed by atoms with Crippen molar-refractivity contribution in [3.63, 3.8) is 0 Å². The molecule has 0 aromatic rings. The number of rotatable bonds is 6. The van der Waals surface area contributed by atoms with Crippen LogP contribution < -0.4 is 16.6 Å². The second-order valence-electron chi connectivity index (χ2n) is 2.33. The van der Waals surface area contributed by atoms with E-state index in [1.54, 1.807) is 0 Å². The summed E-state index contributed by atoms with van der Waals surface area (Å²) in [6, 6.07) is 0.506. The Morgan fingerprint density at radius 2 is 2.40 bits per heavy atom. The summed E-state index contributed by atoms with van der Waals surface area (Å²) in [6.07, 6.45) is 0.248. The van der Waals surface area contributed by atoms with E-state index in [-0.39, 0.29) is 18.3 Å². The third-order valence-electron chi connectivity index (χ3n) is 1.23. The van der Waals surface area contributed by atoms with Crippen LogP contribution in [-0.4, -0.2) is 29.4 Å². The molecule has 1 atom stereocenters. The zero-order valence-corrected chi connectivity index (χ0v) is 9.10. The number of nitriles is 1. The lowest BCUT2D eigenvalue weighted by atomic mass is 10.3. The summed E-state index contributed by atoms with van der Waals surface area (Å²) in [5.41, 5.74) is 0. The van der Waals surface area contributed by atoms with E-state index in [0.29, 0.717) is 5.75 Å². The Balaban J connectivity index is 0. The molecule has 0 radical (unpaired) electrons. The summed E-state index contributed by atoms with van der Waals surface area (Å²) in [7, 11) is 0. The predicted octanol–water partition coefficient (Wildman–Crippen LogP) is -0.736. The lowest BCUT2D eigenvalue weighted by Gasteiger charge is -2.17. The summed E-state index contributed by atoms with van der Waals surface area (Å²) < 4.78 is 20.3. The summed E-state index contributed by atoms with van der Waals surface area (Å²) in [4.78, 5) is 21.7. The number of hydrogen-bond acceptors (Lipinski definition) is 5. The topological polar surface area (TPSA) is 130 Å². The number of hydrogen-bond donors (Lipinski definition) is 2. The van der Waals surface area contributed by atoms with Crippen molar-refractivity contribution in [2.24, 2.45) is 0 Å². The number of nitrogens with one attached hydrogen (secondary N) is 1. The smallest absolute Gasteiger partial charge is 0.217 e. The molecule has 15 heavy (non-hydrogen) atoms. The molecule has 1 amide bonds. The first-order valence-corrected chi connectivity index (χ1v) is 4.91. The van der Waals surface area contributed by atoms with E-state index >= 15 is 0 Å². The van der Waals surface area contributed by atoms with Gasteiger partial charge in [0.25, 0.3) is 0 Å². The fourth-order valence-corrected chi connectivity index (χ4v) is 1.50. The van der Waals surface area contributed by atoms with E-state index in [1.165, 1.54) is 0 Å². The van der Waals surface area contributed by atoms with Crippen LogP contribution in [0, 0.1) is 11.3 Å². The summed E-state index contributed by atoms with van der Waals surface area (Å²) in [6.45, 7) is -2.88. The molecule has 0 aliphatic rings. The number of quaternary nitrogens is 1. The molecule has 6 nitrogen and oxygen atoms in total. The van der Waals surface area contributed by atoms with Crippen LogP contribution in [0.15, 0.2) is 0 Å². The van der Waals surface area contributed by atoms with E-state index < -0.39 is 24.8 Å². The molecule has 0 spiro atoms. The summed E-state index contributed by atoms with van der Waals surface area (Å²) in [5.74, 6) is -2.50. The van der Waals surface area contributed by atoms with Gasteiger partial charge < -0.3 is 21.4 Å². The molecule has 0 aromatic heterocycles. The molecule has 0 saturated carbocycles. The van der Waals surface area contributed by atoms with Crippen molar-refractivity contribution in [2.75, 3.05) is 11.5 Å². The molecular weight excluding hydrogens is 218 g/mol. The van der Waals surface area contributed by atoms with E-state index in [4.69, 9.17) is 9.37 Å². The fourth-order valence-electron chi connectivity index (χ4n) is 0.646. The molecule has 0 aliphatic carbocycles. The summed E-state index contributed by atoms with van der Waals surface area (Å²) in [5, 5.41) is 20.8. The molecule has 0 bridgehead atoms. The van der Waals surface area contributed by atoms with Gasteiger partial charge in [-0.25, -0.2) is 0 Å². The number of carbonyl (C=O) groups excluding carboxylic acids is 2. The van der Waals surface area contributed by atoms with Gasteiger partial charge in [-0.2, -0.15) is 17.0 Å². The number of nitrogens with zero attached hydrogens (tertiary/aromatic N) is 1. The van der Waals surface area contributed by atoms with Crippen LogP contribution in [0.25, 0.3) is 0 Å². The normalized spacial score (nSPS) is 14.5. The number of thioether (sulfide) groups is 1. The second kappa shape index (κ2) is 9.30. The zero-order valence-electron chi connectivity index (χ0n) is 11.3. The third kappa shape index (κ3) is 9.05. The lowest BCUT2D eigenvalue weighted by molar-refractivity contribution is -0.307. The van der Waals surface area contributed by atoms with Crippen LogP contribution in [0.4, 0.5) is 0 Å². The number of amides is 1. The third-order valence-corrected chi connectivity index (χ3v) is 2.29. The van der Waals surface area contributed by atoms with Gasteiger partial charge in [0.05, 0.1) is 18.1 Å². The molecule has 0 saturated heterocycles. The first kappa shape index (κ1) is 10.3. The van der Waals surface area contributed by atoms with Gasteiger partial charge in [0, 0.05) is 28.9 Å². The molecule has 0 unspecified atom stereocenters. The largest absolute Gasteiger partial charge is 0.548 e. The van der Waals surface area contributed by atoms with Crippen LogP contribution in [0.1, 0.15) is 17.4 Å². The van der Waals surface area contributed by atoms with Gasteiger partial charge in [-0.1, -0.05) is 0 Å². The quantitative estimate of drug-likeness (QED) is 0.587. The monoisotopic (exact) mass is 236 g/mol. The van der Waals surface area contributed by atoms with Crippen molar-refractivity contribution in [3.05, 3.63) is 0 Å². The molecule has 7 heteroatoms. The van der Waals surface area contributed by atoms with E-state index in [1.807, 2.05) is 11.4 Å². The first-order chi connectivity index (χ1) is 7.79. The molecule has 0 fully saturated rings. The fraction of sp³-hybridized carbons (Fsp3) is 0.625. The molecule has 0 aliphatic heterocycles. The highest BCUT2D eigenvalue weighted by atomic mass is 32.2. The van der Waals surface area contributed by atoms with E-state index in [0.717, 1.165) is 11.8 Å². The van der Waals surface area contributed by atoms with Gasteiger partial charge in [-0.05, 0) is 0 Å². The maximum atomic E-state index is 11.0. The average Bonchev–Trinajstić information content (AvgIpc) is 2.20. The van der Waals surface area contributed by atoms with Crippen molar-refractivity contribution < 1.29 is 18.8 Å². The highest BCUT2D eigenvalue weighted by Crippen LogP contribution is 2.04. The Bertz CT molecular complexity index is 330. The van der Waals surface area contributed by atoms with Gasteiger partial charge in [0.15, 0.2) is 0 Å². The SMILES string of the molecule is [2H]C([2H])([2H])C(=O)N[C@@H](CSCCC#N)C(=O)[O-].[NH4+]. The zero-order chi connectivity index (χ0) is 13.5. The predicted molar refractivity (Wildman–Crippen MR) is 56.2 cm³/mol. The maximum Gasteiger partial charge on any atom is 0.217 e. The van der Waals surface area contributed by atoms with Crippen molar-refractivity contribution >= 4 is 23.6 Å². The van der Waals surface area contributed by atoms with E-state index in [9.17, 15) is 14.7 Å². The Labute approximate surface area is 96.8 Å². The number of carbonyl (C=O) groups is 2. The van der Waals surface area contributed by atoms with E-state index in [2.05, 4.69) is 0 Å². The van der Waals surface area contributed by atoms with Crippen LogP contribution in [0.5, 0.6) is 0 Å². The van der Waals surface area contributed by atoms with Crippen LogP contribution >= 0.6 is 11.8 Å². The molecule has 5 N–H and O–H groups in total. The van der Waals surface area contributed by atoms with Gasteiger partial charge in [0.1, 0.15) is 0 Å². The minimum atomic E-state index is -2.88. The van der Waals surface area contributed by atoms with Crippen LogP contribution in [0.2, 0.25) is 0 Å². The maximum absolute atomic E-state index is 11.0. The van der Waals surface area contributed by atoms with Crippen molar-refractivity contribution in [3.8, 4) is 6.07 Å². The number of carboxylic acids is 1. The highest BCUT2D eigenvalue weighted by Gasteiger charge is 2.10. The molecular formula is C8H15N3O3S. The average molecular weight is 236 g/mol. The number of aliphatic carboxylic acids is 1. The van der Waals surface area contributed by atoms with Crippen molar-refractivity contribution in [1.29, 1.82) is 5.26 Å². The van der Waals surface area contributed by atoms with Crippen LogP contribution in [-0.2, 0) is 9.59 Å². The lowest BCUT2D eigenvalue weighted by Crippen LogP contribution is -2.48. The molecule has 0 rings (SSSR count). The van der Waals surface area contributed by atoms with Gasteiger partial charge in [-0.3, -0.25) is 4.79 Å². The van der Waals surface area contributed by atoms with Crippen molar-refractivity contribution in [2.45, 2.75) is 19.3 Å². The number of carboxylic acid groups (broad SMARTS) is 1. The first-order valence-electron chi connectivity index (χ1n) is 5.25. The molecule has 86 valence electrons. The second-order valence-corrected chi connectivity index (χ2v) is 3.48. The standard InChI is InChI=1S/C8H12N2O3S.H3N/c1-6(11)10-7(8(12)13)5-14-4-2-3-9;/h7H,2,4-5H2,1H3,(H,10,11)(H,12,13);1H3/t7-;/m0./s1/i1D3;. The van der Waals surface area contributed by atoms with Gasteiger partial charge in [-0.15, -0.1) is 0 Å². The Morgan fingerprint density at radius 3 is 2.87 bits per heavy atom. The summed E-state index contributed by atoms with van der Waals surface area (Å²) >= 11 is 1.13. The Kier molecular flexibility index (Phi) is 6.36. The Morgan fingerprint density at radius 1 is 1.73 bits per heavy atom. The van der Waals surface area contributed by atoms with Gasteiger partial charge >= 0.3 is 0 Å².